The molecule has 0 fully saturated rings. The van der Waals surface area contributed by atoms with Gasteiger partial charge in [-0.3, -0.25) is 5.32 Å². The number of carbonyl (C=O) groups is 2. The Balaban J connectivity index is 1.99. The zero-order valence-corrected chi connectivity index (χ0v) is 20.3. The molecule has 7 heteroatoms. The number of rotatable bonds is 2. The molecule has 0 saturated heterocycles. The largest absolute Gasteiger partial charge is 0.444 e. The average molecular weight is 460 g/mol. The Hall–Kier alpha value is -4.05. The van der Waals surface area contributed by atoms with Crippen LogP contribution in [0.4, 0.5) is 15.5 Å². The molecule has 2 aromatic carbocycles. The molecule has 0 unspecified atom stereocenters. The molecule has 0 saturated carbocycles. The first-order valence-electron chi connectivity index (χ1n) is 10.9. The summed E-state index contributed by atoms with van der Waals surface area (Å²) in [4.78, 5) is 29.7. The predicted octanol–water partition coefficient (Wildman–Crippen LogP) is 6.08. The van der Waals surface area contributed by atoms with Gasteiger partial charge in [0.15, 0.2) is 0 Å². The SMILES string of the molecule is CC(C)(C)OC(=O)Nc1ncc(-c2cccc(C#Cc3ccccc3)c2)n1C(=O)OC(C)(C)C. The first kappa shape index (κ1) is 24.6. The number of ether oxygens (including phenoxy) is 2. The van der Waals surface area contributed by atoms with E-state index in [2.05, 4.69) is 22.1 Å². The minimum absolute atomic E-state index is 0.000673. The number of hydrogen-bond acceptors (Lipinski definition) is 5. The lowest BCUT2D eigenvalue weighted by atomic mass is 10.1. The zero-order chi connectivity index (χ0) is 24.9. The maximum atomic E-state index is 13.1. The molecule has 0 spiro atoms. The number of aromatic nitrogens is 2. The van der Waals surface area contributed by atoms with E-state index in [1.165, 1.54) is 10.8 Å². The van der Waals surface area contributed by atoms with Crippen molar-refractivity contribution in [3.63, 3.8) is 0 Å². The van der Waals surface area contributed by atoms with Crippen molar-refractivity contribution in [3.05, 3.63) is 71.9 Å². The third-order valence-electron chi connectivity index (χ3n) is 4.23. The molecule has 0 aliphatic rings. The summed E-state index contributed by atoms with van der Waals surface area (Å²) in [6.45, 7) is 10.5. The van der Waals surface area contributed by atoms with E-state index in [9.17, 15) is 9.59 Å². The van der Waals surface area contributed by atoms with Crippen molar-refractivity contribution in [3.8, 4) is 23.1 Å². The average Bonchev–Trinajstić information content (AvgIpc) is 3.14. The lowest BCUT2D eigenvalue weighted by molar-refractivity contribution is 0.0542. The molecule has 0 aliphatic heterocycles. The minimum Gasteiger partial charge on any atom is -0.444 e. The summed E-state index contributed by atoms with van der Waals surface area (Å²) in [7, 11) is 0. The summed E-state index contributed by atoms with van der Waals surface area (Å²) >= 11 is 0. The standard InChI is InChI=1S/C27H29N3O4/c1-26(2,3)33-24(31)29-23-28-18-22(30(23)25(32)34-27(4,5)6)21-14-10-13-20(17-21)16-15-19-11-8-7-9-12-19/h7-14,17-18H,1-6H3,(H,28,29,31). The van der Waals surface area contributed by atoms with Gasteiger partial charge in [-0.2, -0.15) is 0 Å². The van der Waals surface area contributed by atoms with Crippen molar-refractivity contribution in [1.29, 1.82) is 0 Å². The number of nitrogens with zero attached hydrogens (tertiary/aromatic N) is 2. The lowest BCUT2D eigenvalue weighted by Gasteiger charge is -2.22. The second-order valence-corrected chi connectivity index (χ2v) is 9.61. The minimum atomic E-state index is -0.745. The molecule has 1 amide bonds. The van der Waals surface area contributed by atoms with Crippen LogP contribution < -0.4 is 5.32 Å². The van der Waals surface area contributed by atoms with Crippen LogP contribution in [0.2, 0.25) is 0 Å². The van der Waals surface area contributed by atoms with Gasteiger partial charge in [0.05, 0.1) is 11.9 Å². The van der Waals surface area contributed by atoms with Crippen LogP contribution in [-0.2, 0) is 9.47 Å². The fourth-order valence-corrected chi connectivity index (χ4v) is 2.95. The van der Waals surface area contributed by atoms with Crippen molar-refractivity contribution >= 4 is 18.1 Å². The van der Waals surface area contributed by atoms with Crippen LogP contribution in [0, 0.1) is 11.8 Å². The highest BCUT2D eigenvalue weighted by Crippen LogP contribution is 2.26. The van der Waals surface area contributed by atoms with Gasteiger partial charge in [-0.15, -0.1) is 0 Å². The van der Waals surface area contributed by atoms with E-state index in [1.807, 2.05) is 54.6 Å². The lowest BCUT2D eigenvalue weighted by Crippen LogP contribution is -2.31. The van der Waals surface area contributed by atoms with Crippen LogP contribution in [-0.4, -0.2) is 32.9 Å². The third kappa shape index (κ3) is 6.97. The number of anilines is 1. The Labute approximate surface area is 200 Å². The fourth-order valence-electron chi connectivity index (χ4n) is 2.95. The van der Waals surface area contributed by atoms with Gasteiger partial charge < -0.3 is 9.47 Å². The molecule has 0 radical (unpaired) electrons. The van der Waals surface area contributed by atoms with Crippen molar-refractivity contribution in [2.45, 2.75) is 52.7 Å². The van der Waals surface area contributed by atoms with Gasteiger partial charge in [0.25, 0.3) is 0 Å². The fraction of sp³-hybridized carbons (Fsp3) is 0.296. The summed E-state index contributed by atoms with van der Waals surface area (Å²) in [5, 5.41) is 2.55. The van der Waals surface area contributed by atoms with Gasteiger partial charge in [-0.25, -0.2) is 19.1 Å². The van der Waals surface area contributed by atoms with Crippen LogP contribution in [0.5, 0.6) is 0 Å². The van der Waals surface area contributed by atoms with Crippen LogP contribution in [0.3, 0.4) is 0 Å². The molecule has 7 nitrogen and oxygen atoms in total. The summed E-state index contributed by atoms with van der Waals surface area (Å²) in [5.74, 6) is 6.26. The molecule has 176 valence electrons. The summed E-state index contributed by atoms with van der Waals surface area (Å²) in [6, 6.07) is 17.1. The molecule has 3 aromatic rings. The van der Waals surface area contributed by atoms with Gasteiger partial charge in [0.2, 0.25) is 5.95 Å². The summed E-state index contributed by atoms with van der Waals surface area (Å²) < 4.78 is 12.1. The van der Waals surface area contributed by atoms with E-state index in [0.29, 0.717) is 11.3 Å². The molecule has 1 heterocycles. The quantitative estimate of drug-likeness (QED) is 0.470. The topological polar surface area (TPSA) is 82.5 Å². The first-order valence-corrected chi connectivity index (χ1v) is 10.9. The zero-order valence-electron chi connectivity index (χ0n) is 20.3. The number of hydrogen-bond donors (Lipinski definition) is 1. The van der Waals surface area contributed by atoms with E-state index in [4.69, 9.17) is 9.47 Å². The van der Waals surface area contributed by atoms with E-state index in [-0.39, 0.29) is 5.95 Å². The molecule has 3 rings (SSSR count). The maximum absolute atomic E-state index is 13.1. The van der Waals surface area contributed by atoms with Gasteiger partial charge in [0.1, 0.15) is 11.2 Å². The van der Waals surface area contributed by atoms with Crippen LogP contribution in [0.15, 0.2) is 60.8 Å². The van der Waals surface area contributed by atoms with E-state index < -0.39 is 23.4 Å². The molecular weight excluding hydrogens is 430 g/mol. The van der Waals surface area contributed by atoms with Crippen LogP contribution in [0.1, 0.15) is 52.7 Å². The van der Waals surface area contributed by atoms with Crippen molar-refractivity contribution in [2.24, 2.45) is 0 Å². The maximum Gasteiger partial charge on any atom is 0.421 e. The Morgan fingerprint density at radius 1 is 0.853 bits per heavy atom. The number of amides is 1. The molecule has 0 bridgehead atoms. The van der Waals surface area contributed by atoms with E-state index in [0.717, 1.165) is 11.1 Å². The van der Waals surface area contributed by atoms with Crippen molar-refractivity contribution in [2.75, 3.05) is 5.32 Å². The second-order valence-electron chi connectivity index (χ2n) is 9.61. The van der Waals surface area contributed by atoms with Gasteiger partial charge in [0, 0.05) is 16.7 Å². The number of carbonyl (C=O) groups excluding carboxylic acids is 2. The number of benzene rings is 2. The Kier molecular flexibility index (Phi) is 7.11. The normalized spacial score (nSPS) is 11.2. The van der Waals surface area contributed by atoms with Crippen LogP contribution in [0.25, 0.3) is 11.3 Å². The van der Waals surface area contributed by atoms with Crippen molar-refractivity contribution < 1.29 is 19.1 Å². The van der Waals surface area contributed by atoms with Gasteiger partial charge in [-0.1, -0.05) is 42.2 Å². The van der Waals surface area contributed by atoms with E-state index >= 15 is 0 Å². The highest BCUT2D eigenvalue weighted by Gasteiger charge is 2.26. The smallest absolute Gasteiger partial charge is 0.421 e. The number of imidazole rings is 1. The molecule has 0 atom stereocenters. The first-order chi connectivity index (χ1) is 15.9. The number of nitrogens with one attached hydrogen (secondary N) is 1. The Morgan fingerprint density at radius 3 is 2.12 bits per heavy atom. The predicted molar refractivity (Wildman–Crippen MR) is 132 cm³/mol. The Bertz CT molecular complexity index is 1240. The molecule has 34 heavy (non-hydrogen) atoms. The molecule has 1 aromatic heterocycles. The second kappa shape index (κ2) is 9.84. The monoisotopic (exact) mass is 459 g/mol. The third-order valence-corrected chi connectivity index (χ3v) is 4.23. The highest BCUT2D eigenvalue weighted by atomic mass is 16.6. The summed E-state index contributed by atoms with van der Waals surface area (Å²) in [6.07, 6.45) is 0.101. The Morgan fingerprint density at radius 2 is 1.47 bits per heavy atom. The van der Waals surface area contributed by atoms with Gasteiger partial charge in [-0.05, 0) is 65.8 Å². The van der Waals surface area contributed by atoms with Crippen LogP contribution >= 0.6 is 0 Å². The molecular formula is C27H29N3O4. The highest BCUT2D eigenvalue weighted by molar-refractivity contribution is 5.89. The molecule has 0 aliphatic carbocycles. The van der Waals surface area contributed by atoms with Crippen molar-refractivity contribution in [1.82, 2.24) is 9.55 Å². The van der Waals surface area contributed by atoms with E-state index in [1.54, 1.807) is 41.5 Å². The summed E-state index contributed by atoms with van der Waals surface area (Å²) in [5.41, 5.74) is 1.35. The van der Waals surface area contributed by atoms with Gasteiger partial charge >= 0.3 is 12.2 Å². The molecule has 1 N–H and O–H groups in total.